The molecule has 0 aromatic carbocycles. The highest BCUT2D eigenvalue weighted by atomic mass is 32.2. The van der Waals surface area contributed by atoms with Crippen LogP contribution in [0.2, 0.25) is 0 Å². The number of nitrogens with zero attached hydrogens (tertiary/aromatic N) is 1. The molecule has 1 aromatic heterocycles. The number of nitrogens with one attached hydrogen (secondary N) is 1. The summed E-state index contributed by atoms with van der Waals surface area (Å²) in [4.78, 5) is 4.44. The van der Waals surface area contributed by atoms with Crippen molar-refractivity contribution in [2.24, 2.45) is 5.92 Å². The molecule has 0 amide bonds. The highest BCUT2D eigenvalue weighted by molar-refractivity contribution is 7.99. The van der Waals surface area contributed by atoms with Crippen LogP contribution in [0.1, 0.15) is 33.3 Å². The third-order valence-electron chi connectivity index (χ3n) is 2.07. The first-order valence-electron chi connectivity index (χ1n) is 5.91. The van der Waals surface area contributed by atoms with Gasteiger partial charge in [-0.05, 0) is 24.1 Å². The summed E-state index contributed by atoms with van der Waals surface area (Å²) in [6, 6.07) is 4.17. The first kappa shape index (κ1) is 13.5. The van der Waals surface area contributed by atoms with Gasteiger partial charge >= 0.3 is 0 Å². The van der Waals surface area contributed by atoms with Crippen LogP contribution < -0.4 is 5.32 Å². The molecule has 0 aliphatic carbocycles. The molecular weight excluding hydrogens is 216 g/mol. The number of pyridine rings is 1. The molecule has 1 rings (SSSR count). The lowest BCUT2D eigenvalue weighted by Crippen LogP contribution is -2.19. The number of rotatable bonds is 6. The average Bonchev–Trinajstić information content (AvgIpc) is 2.19. The molecule has 0 bridgehead atoms. The first-order chi connectivity index (χ1) is 7.59. The van der Waals surface area contributed by atoms with Crippen molar-refractivity contribution in [1.29, 1.82) is 0 Å². The van der Waals surface area contributed by atoms with Gasteiger partial charge in [-0.1, -0.05) is 33.8 Å². The topological polar surface area (TPSA) is 24.9 Å². The van der Waals surface area contributed by atoms with Gasteiger partial charge in [-0.15, -0.1) is 11.8 Å². The zero-order valence-electron chi connectivity index (χ0n) is 10.7. The zero-order valence-corrected chi connectivity index (χ0v) is 11.5. The number of thioether (sulfide) groups is 1. The largest absolute Gasteiger partial charge is 0.312 e. The molecule has 3 heteroatoms. The van der Waals surface area contributed by atoms with E-state index in [0.29, 0.717) is 11.2 Å². The lowest BCUT2D eigenvalue weighted by Gasteiger charge is -2.11. The fourth-order valence-electron chi connectivity index (χ4n) is 1.38. The zero-order chi connectivity index (χ0) is 12.0. The summed E-state index contributed by atoms with van der Waals surface area (Å²) >= 11 is 1.83. The monoisotopic (exact) mass is 238 g/mol. The molecule has 0 fully saturated rings. The summed E-state index contributed by atoms with van der Waals surface area (Å²) < 4.78 is 0. The molecule has 2 nitrogen and oxygen atoms in total. The lowest BCUT2D eigenvalue weighted by atomic mass is 10.2. The second-order valence-corrected chi connectivity index (χ2v) is 6.22. The molecule has 16 heavy (non-hydrogen) atoms. The van der Waals surface area contributed by atoms with Crippen molar-refractivity contribution in [3.05, 3.63) is 23.9 Å². The molecule has 0 aliphatic heterocycles. The van der Waals surface area contributed by atoms with Gasteiger partial charge in [0.1, 0.15) is 5.03 Å². The third-order valence-corrected chi connectivity index (χ3v) is 3.13. The minimum absolute atomic E-state index is 0.582. The fourth-order valence-corrected chi connectivity index (χ4v) is 2.24. The molecular formula is C13H22N2S. The molecule has 0 saturated heterocycles. The highest BCUT2D eigenvalue weighted by Crippen LogP contribution is 2.23. The molecule has 1 N–H and O–H groups in total. The van der Waals surface area contributed by atoms with E-state index in [1.807, 2.05) is 24.0 Å². The SMILES string of the molecule is CC(C)CNCc1cccnc1SC(C)C. The van der Waals surface area contributed by atoms with E-state index >= 15 is 0 Å². The second-order valence-electron chi connectivity index (χ2n) is 4.66. The second kappa shape index (κ2) is 6.92. The van der Waals surface area contributed by atoms with Crippen LogP contribution in [0.3, 0.4) is 0 Å². The van der Waals surface area contributed by atoms with Crippen LogP contribution in [0.15, 0.2) is 23.4 Å². The predicted octanol–water partition coefficient (Wildman–Crippen LogP) is 3.33. The lowest BCUT2D eigenvalue weighted by molar-refractivity contribution is 0.549. The predicted molar refractivity (Wildman–Crippen MR) is 71.8 cm³/mol. The summed E-state index contributed by atoms with van der Waals surface area (Å²) in [6.45, 7) is 10.8. The summed E-state index contributed by atoms with van der Waals surface area (Å²) in [6.07, 6.45) is 1.87. The van der Waals surface area contributed by atoms with Gasteiger partial charge in [0, 0.05) is 18.0 Å². The smallest absolute Gasteiger partial charge is 0.101 e. The maximum Gasteiger partial charge on any atom is 0.101 e. The van der Waals surface area contributed by atoms with Crippen LogP contribution in [-0.4, -0.2) is 16.8 Å². The molecule has 0 saturated carbocycles. The van der Waals surface area contributed by atoms with E-state index in [-0.39, 0.29) is 0 Å². The first-order valence-corrected chi connectivity index (χ1v) is 6.78. The van der Waals surface area contributed by atoms with Crippen LogP contribution >= 0.6 is 11.8 Å². The van der Waals surface area contributed by atoms with Gasteiger partial charge in [0.05, 0.1) is 0 Å². The van der Waals surface area contributed by atoms with Crippen molar-refractivity contribution < 1.29 is 0 Å². The van der Waals surface area contributed by atoms with Gasteiger partial charge in [0.25, 0.3) is 0 Å². The van der Waals surface area contributed by atoms with E-state index in [2.05, 4.69) is 44.1 Å². The third kappa shape index (κ3) is 4.99. The van der Waals surface area contributed by atoms with Gasteiger partial charge in [-0.2, -0.15) is 0 Å². The Bertz CT molecular complexity index is 311. The van der Waals surface area contributed by atoms with E-state index in [1.165, 1.54) is 5.56 Å². The van der Waals surface area contributed by atoms with Gasteiger partial charge in [-0.3, -0.25) is 0 Å². The molecule has 0 spiro atoms. The van der Waals surface area contributed by atoms with Crippen molar-refractivity contribution >= 4 is 11.8 Å². The van der Waals surface area contributed by atoms with E-state index in [9.17, 15) is 0 Å². The Balaban J connectivity index is 2.56. The van der Waals surface area contributed by atoms with Crippen molar-refractivity contribution in [2.45, 2.75) is 44.5 Å². The molecule has 90 valence electrons. The number of hydrogen-bond donors (Lipinski definition) is 1. The Morgan fingerprint density at radius 1 is 1.31 bits per heavy atom. The highest BCUT2D eigenvalue weighted by Gasteiger charge is 2.06. The fraction of sp³-hybridized carbons (Fsp3) is 0.615. The van der Waals surface area contributed by atoms with Crippen LogP contribution in [0.25, 0.3) is 0 Å². The van der Waals surface area contributed by atoms with E-state index in [4.69, 9.17) is 0 Å². The van der Waals surface area contributed by atoms with E-state index < -0.39 is 0 Å². The van der Waals surface area contributed by atoms with Crippen molar-refractivity contribution in [1.82, 2.24) is 10.3 Å². The Hall–Kier alpha value is -0.540. The van der Waals surface area contributed by atoms with E-state index in [0.717, 1.165) is 18.1 Å². The van der Waals surface area contributed by atoms with Crippen LogP contribution in [0, 0.1) is 5.92 Å². The summed E-state index contributed by atoms with van der Waals surface area (Å²) in [7, 11) is 0. The number of hydrogen-bond acceptors (Lipinski definition) is 3. The minimum atomic E-state index is 0.582. The molecule has 0 unspecified atom stereocenters. The van der Waals surface area contributed by atoms with Gasteiger partial charge < -0.3 is 5.32 Å². The standard InChI is InChI=1S/C13H22N2S/c1-10(2)8-14-9-12-6-5-7-15-13(12)16-11(3)4/h5-7,10-11,14H,8-9H2,1-4H3. The quantitative estimate of drug-likeness (QED) is 0.770. The summed E-state index contributed by atoms with van der Waals surface area (Å²) in [5.41, 5.74) is 1.31. The van der Waals surface area contributed by atoms with Gasteiger partial charge in [0.2, 0.25) is 0 Å². The van der Waals surface area contributed by atoms with Gasteiger partial charge in [0.15, 0.2) is 0 Å². The van der Waals surface area contributed by atoms with E-state index in [1.54, 1.807) is 0 Å². The Kier molecular flexibility index (Phi) is 5.85. The van der Waals surface area contributed by atoms with Crippen molar-refractivity contribution in [3.8, 4) is 0 Å². The average molecular weight is 238 g/mol. The Morgan fingerprint density at radius 3 is 2.69 bits per heavy atom. The molecule has 0 atom stereocenters. The molecule has 0 radical (unpaired) electrons. The van der Waals surface area contributed by atoms with Crippen molar-refractivity contribution in [2.75, 3.05) is 6.54 Å². The summed E-state index contributed by atoms with van der Waals surface area (Å²) in [5.74, 6) is 0.692. The van der Waals surface area contributed by atoms with Crippen LogP contribution in [0.5, 0.6) is 0 Å². The van der Waals surface area contributed by atoms with Crippen LogP contribution in [0.4, 0.5) is 0 Å². The molecule has 1 heterocycles. The maximum atomic E-state index is 4.44. The minimum Gasteiger partial charge on any atom is -0.312 e. The molecule has 1 aromatic rings. The maximum absolute atomic E-state index is 4.44. The van der Waals surface area contributed by atoms with Gasteiger partial charge in [-0.25, -0.2) is 4.98 Å². The number of aromatic nitrogens is 1. The Morgan fingerprint density at radius 2 is 2.06 bits per heavy atom. The normalized spacial score (nSPS) is 11.4. The van der Waals surface area contributed by atoms with Crippen LogP contribution in [-0.2, 0) is 6.54 Å². The summed E-state index contributed by atoms with van der Waals surface area (Å²) in [5, 5.41) is 5.20. The molecule has 0 aliphatic rings. The van der Waals surface area contributed by atoms with Crippen molar-refractivity contribution in [3.63, 3.8) is 0 Å². The Labute approximate surface area is 103 Å².